The molecule has 1 atom stereocenters. The third-order valence-corrected chi connectivity index (χ3v) is 10.6. The van der Waals surface area contributed by atoms with E-state index in [1.807, 2.05) is 20.8 Å². The van der Waals surface area contributed by atoms with Crippen molar-refractivity contribution >= 4 is 30.9 Å². The molecule has 0 spiro atoms. The second-order valence-corrected chi connectivity index (χ2v) is 15.8. The van der Waals surface area contributed by atoms with Crippen LogP contribution < -0.4 is 14.6 Å². The number of hydrogen-bond acceptors (Lipinski definition) is 4. The van der Waals surface area contributed by atoms with Gasteiger partial charge in [0.05, 0.1) is 6.04 Å². The topological polar surface area (TPSA) is 50.8 Å². The van der Waals surface area contributed by atoms with Crippen LogP contribution in [0.15, 0.2) is 36.4 Å². The van der Waals surface area contributed by atoms with E-state index < -0.39 is 13.9 Å². The number of amides is 1. The zero-order valence-corrected chi connectivity index (χ0v) is 21.3. The highest BCUT2D eigenvalue weighted by atomic mass is 28.4. The van der Waals surface area contributed by atoms with Crippen LogP contribution in [0.2, 0.25) is 18.1 Å². The number of nitrogens with zero attached hydrogens (tertiary/aromatic N) is 1. The lowest BCUT2D eigenvalue weighted by atomic mass is 10.1. The Morgan fingerprint density at radius 3 is 2.45 bits per heavy atom. The van der Waals surface area contributed by atoms with Gasteiger partial charge in [-0.2, -0.15) is 0 Å². The Morgan fingerprint density at radius 2 is 1.81 bits per heavy atom. The minimum absolute atomic E-state index is 0.0803. The Kier molecular flexibility index (Phi) is 6.34. The molecule has 0 aliphatic carbocycles. The fourth-order valence-electron chi connectivity index (χ4n) is 3.59. The van der Waals surface area contributed by atoms with E-state index in [1.54, 1.807) is 0 Å². The summed E-state index contributed by atoms with van der Waals surface area (Å²) >= 11 is 0. The van der Waals surface area contributed by atoms with Crippen LogP contribution >= 0.6 is 0 Å². The van der Waals surface area contributed by atoms with Gasteiger partial charge in [0.1, 0.15) is 11.4 Å². The van der Waals surface area contributed by atoms with Crippen molar-refractivity contribution in [1.29, 1.82) is 0 Å². The second kappa shape index (κ2) is 8.38. The van der Waals surface area contributed by atoms with Crippen molar-refractivity contribution in [2.45, 2.75) is 77.7 Å². The lowest BCUT2D eigenvalue weighted by molar-refractivity contribution is 0.0509. The van der Waals surface area contributed by atoms with Crippen molar-refractivity contribution in [1.82, 2.24) is 5.32 Å². The fourth-order valence-corrected chi connectivity index (χ4v) is 4.62. The van der Waals surface area contributed by atoms with Crippen molar-refractivity contribution in [3.05, 3.63) is 36.4 Å². The molecule has 1 aliphatic rings. The van der Waals surface area contributed by atoms with E-state index >= 15 is 0 Å². The number of anilines is 1. The van der Waals surface area contributed by atoms with Gasteiger partial charge in [0, 0.05) is 24.2 Å². The van der Waals surface area contributed by atoms with E-state index in [2.05, 4.69) is 80.5 Å². The van der Waals surface area contributed by atoms with Gasteiger partial charge in [0.15, 0.2) is 0 Å². The third kappa shape index (κ3) is 5.73. The third-order valence-electron chi connectivity index (χ3n) is 6.26. The second-order valence-electron chi connectivity index (χ2n) is 11.1. The lowest BCUT2D eigenvalue weighted by Crippen LogP contribution is -2.43. The van der Waals surface area contributed by atoms with Crippen molar-refractivity contribution in [2.75, 3.05) is 18.0 Å². The minimum atomic E-state index is -1.91. The van der Waals surface area contributed by atoms with E-state index in [0.29, 0.717) is 0 Å². The van der Waals surface area contributed by atoms with Crippen LogP contribution in [0.3, 0.4) is 0 Å². The van der Waals surface area contributed by atoms with E-state index in [4.69, 9.17) is 9.16 Å². The van der Waals surface area contributed by atoms with Crippen LogP contribution in [0.1, 0.15) is 48.0 Å². The molecule has 0 saturated carbocycles. The molecule has 0 bridgehead atoms. The molecule has 1 heterocycles. The van der Waals surface area contributed by atoms with Gasteiger partial charge in [-0.15, -0.1) is 0 Å². The predicted octanol–water partition coefficient (Wildman–Crippen LogP) is 6.33. The number of rotatable bonds is 4. The first-order valence-electron chi connectivity index (χ1n) is 11.2. The zero-order valence-electron chi connectivity index (χ0n) is 20.3. The Morgan fingerprint density at radius 1 is 1.10 bits per heavy atom. The van der Waals surface area contributed by atoms with Crippen LogP contribution in [0.4, 0.5) is 10.5 Å². The van der Waals surface area contributed by atoms with Crippen molar-refractivity contribution in [3.63, 3.8) is 0 Å². The molecule has 6 heteroatoms. The maximum absolute atomic E-state index is 12.2. The fraction of sp³-hybridized carbons (Fsp3) is 0.560. The monoisotopic (exact) mass is 442 g/mol. The first-order chi connectivity index (χ1) is 14.2. The maximum Gasteiger partial charge on any atom is 0.407 e. The molecule has 2 aromatic rings. The van der Waals surface area contributed by atoms with E-state index in [1.165, 1.54) is 16.5 Å². The highest BCUT2D eigenvalue weighted by molar-refractivity contribution is 6.74. The van der Waals surface area contributed by atoms with Crippen LogP contribution in [-0.4, -0.2) is 39.1 Å². The number of ether oxygens (including phenoxy) is 1. The predicted molar refractivity (Wildman–Crippen MR) is 132 cm³/mol. The van der Waals surface area contributed by atoms with Gasteiger partial charge in [0.2, 0.25) is 8.32 Å². The number of alkyl carbamates (subject to hydrolysis) is 1. The van der Waals surface area contributed by atoms with Crippen LogP contribution in [0.25, 0.3) is 10.8 Å². The summed E-state index contributed by atoms with van der Waals surface area (Å²) in [6.45, 7) is 18.6. The molecule has 1 saturated heterocycles. The molecule has 170 valence electrons. The molecule has 1 N–H and O–H groups in total. The largest absolute Gasteiger partial charge is 0.543 e. The maximum atomic E-state index is 12.2. The number of carbonyl (C=O) groups excluding carboxylic acids is 1. The molecule has 1 fully saturated rings. The molecule has 5 nitrogen and oxygen atoms in total. The van der Waals surface area contributed by atoms with Gasteiger partial charge >= 0.3 is 6.09 Å². The molecule has 2 aromatic carbocycles. The average molecular weight is 443 g/mol. The van der Waals surface area contributed by atoms with Crippen molar-refractivity contribution in [2.24, 2.45) is 0 Å². The summed E-state index contributed by atoms with van der Waals surface area (Å²) in [5, 5.41) is 5.56. The number of carbonyl (C=O) groups is 1. The average Bonchev–Trinajstić information content (AvgIpc) is 3.06. The summed E-state index contributed by atoms with van der Waals surface area (Å²) in [6.07, 6.45) is 0.554. The van der Waals surface area contributed by atoms with Crippen molar-refractivity contribution < 1.29 is 14.0 Å². The summed E-state index contributed by atoms with van der Waals surface area (Å²) in [5.41, 5.74) is 0.699. The molecule has 31 heavy (non-hydrogen) atoms. The van der Waals surface area contributed by atoms with Crippen molar-refractivity contribution in [3.8, 4) is 5.75 Å². The molecule has 3 rings (SSSR count). The first kappa shape index (κ1) is 23.5. The highest BCUT2D eigenvalue weighted by Gasteiger charge is 2.39. The number of benzene rings is 2. The van der Waals surface area contributed by atoms with Gasteiger partial charge in [-0.1, -0.05) is 39.0 Å². The van der Waals surface area contributed by atoms with Gasteiger partial charge in [-0.3, -0.25) is 0 Å². The molecule has 1 aliphatic heterocycles. The quantitative estimate of drug-likeness (QED) is 0.562. The highest BCUT2D eigenvalue weighted by Crippen LogP contribution is 2.39. The standard InChI is InChI=1S/C25H38N2O3Si/c1-24(2,3)29-23(28)26-19-14-15-27(17-19)22-11-9-10-18-12-13-20(16-21(18)22)30-31(7,8)25(4,5)6/h9-13,16,19H,14-15,17H2,1-8H3,(H,26,28)/t19-/m1/s1. The Hall–Kier alpha value is -2.21. The van der Waals surface area contributed by atoms with E-state index in [0.717, 1.165) is 25.3 Å². The number of hydrogen-bond donors (Lipinski definition) is 1. The van der Waals surface area contributed by atoms with Crippen LogP contribution in [0.5, 0.6) is 5.75 Å². The summed E-state index contributed by atoms with van der Waals surface area (Å²) < 4.78 is 12.0. The normalized spacial score (nSPS) is 17.7. The molecule has 0 aromatic heterocycles. The van der Waals surface area contributed by atoms with Gasteiger partial charge < -0.3 is 19.4 Å². The Balaban J connectivity index is 1.79. The smallest absolute Gasteiger partial charge is 0.407 e. The SMILES string of the molecule is CC(C)(C)OC(=O)N[C@@H]1CCN(c2cccc3ccc(O[Si](C)(C)C(C)(C)C)cc23)C1. The molecular formula is C25H38N2O3Si. The summed E-state index contributed by atoms with van der Waals surface area (Å²) in [4.78, 5) is 14.5. The van der Waals surface area contributed by atoms with Gasteiger partial charge in [-0.25, -0.2) is 4.79 Å². The first-order valence-corrected chi connectivity index (χ1v) is 14.1. The summed E-state index contributed by atoms with van der Waals surface area (Å²) in [6, 6.07) is 12.9. The molecule has 0 radical (unpaired) electrons. The molecule has 0 unspecified atom stereocenters. The molecular weight excluding hydrogens is 404 g/mol. The van der Waals surface area contributed by atoms with Gasteiger partial charge in [-0.05, 0) is 68.9 Å². The number of nitrogens with one attached hydrogen (secondary N) is 1. The minimum Gasteiger partial charge on any atom is -0.543 e. The molecule has 1 amide bonds. The Bertz CT molecular complexity index is 944. The summed E-state index contributed by atoms with van der Waals surface area (Å²) in [7, 11) is -1.91. The zero-order chi connectivity index (χ0) is 23.0. The van der Waals surface area contributed by atoms with Gasteiger partial charge in [0.25, 0.3) is 0 Å². The van der Waals surface area contributed by atoms with Crippen LogP contribution in [-0.2, 0) is 4.74 Å². The van der Waals surface area contributed by atoms with E-state index in [-0.39, 0.29) is 17.2 Å². The summed E-state index contributed by atoms with van der Waals surface area (Å²) in [5.74, 6) is 0.939. The van der Waals surface area contributed by atoms with E-state index in [9.17, 15) is 4.79 Å². The Labute approximate surface area is 188 Å². The lowest BCUT2D eigenvalue weighted by Gasteiger charge is -2.36. The number of fused-ring (bicyclic) bond motifs is 1. The van der Waals surface area contributed by atoms with Crippen LogP contribution in [0, 0.1) is 0 Å².